The molecule has 1 saturated heterocycles. The van der Waals surface area contributed by atoms with Crippen molar-refractivity contribution in [3.63, 3.8) is 0 Å². The highest BCUT2D eigenvalue weighted by atomic mass is 32.2. The van der Waals surface area contributed by atoms with E-state index in [0.29, 0.717) is 31.1 Å². The maximum atomic E-state index is 13.5. The molecule has 0 saturated carbocycles. The summed E-state index contributed by atoms with van der Waals surface area (Å²) in [6, 6.07) is 9.95. The van der Waals surface area contributed by atoms with Crippen LogP contribution < -0.4 is 18.9 Å². The number of nitrogens with one attached hydrogen (secondary N) is 1. The summed E-state index contributed by atoms with van der Waals surface area (Å²) >= 11 is 0. The van der Waals surface area contributed by atoms with Crippen molar-refractivity contribution < 1.29 is 27.4 Å². The number of likely N-dealkylation sites (tertiary alicyclic amines) is 1. The van der Waals surface area contributed by atoms with Gasteiger partial charge < -0.3 is 19.1 Å². The molecule has 0 aliphatic carbocycles. The van der Waals surface area contributed by atoms with Crippen LogP contribution in [0.4, 0.5) is 0 Å². The fraction of sp³-hybridized carbons (Fsp3) is 0.458. The van der Waals surface area contributed by atoms with Gasteiger partial charge in [-0.2, -0.15) is 0 Å². The molecule has 33 heavy (non-hydrogen) atoms. The van der Waals surface area contributed by atoms with E-state index in [1.807, 2.05) is 18.2 Å². The van der Waals surface area contributed by atoms with Crippen molar-refractivity contribution in [2.45, 2.75) is 50.1 Å². The van der Waals surface area contributed by atoms with Gasteiger partial charge >= 0.3 is 0 Å². The average Bonchev–Trinajstić information content (AvgIpc) is 3.16. The molecule has 1 fully saturated rings. The predicted octanol–water partition coefficient (Wildman–Crippen LogP) is 3.52. The van der Waals surface area contributed by atoms with Crippen LogP contribution in [-0.4, -0.2) is 52.1 Å². The Bertz CT molecular complexity index is 1130. The van der Waals surface area contributed by atoms with Gasteiger partial charge in [0.25, 0.3) is 5.91 Å². The van der Waals surface area contributed by atoms with E-state index >= 15 is 0 Å². The molecule has 2 aromatic rings. The number of carbonyl (C=O) groups excluding carboxylic acids is 1. The molecule has 0 spiro atoms. The number of amides is 1. The zero-order chi connectivity index (χ0) is 23.6. The zero-order valence-electron chi connectivity index (χ0n) is 19.2. The molecule has 178 valence electrons. The third-order valence-corrected chi connectivity index (χ3v) is 7.44. The van der Waals surface area contributed by atoms with Crippen molar-refractivity contribution >= 4 is 15.9 Å². The van der Waals surface area contributed by atoms with E-state index in [0.717, 1.165) is 30.6 Å². The van der Waals surface area contributed by atoms with E-state index in [1.54, 1.807) is 24.8 Å². The number of ether oxygens (including phenoxy) is 3. The van der Waals surface area contributed by atoms with Crippen LogP contribution in [0.5, 0.6) is 17.2 Å². The summed E-state index contributed by atoms with van der Waals surface area (Å²) in [5.74, 6) is 1.39. The Morgan fingerprint density at radius 3 is 2.58 bits per heavy atom. The Morgan fingerprint density at radius 2 is 1.85 bits per heavy atom. The second kappa shape index (κ2) is 9.61. The van der Waals surface area contributed by atoms with Gasteiger partial charge in [-0.3, -0.25) is 4.79 Å². The number of hydrogen-bond acceptors (Lipinski definition) is 6. The van der Waals surface area contributed by atoms with Crippen LogP contribution in [0.2, 0.25) is 0 Å². The first-order valence-electron chi connectivity index (χ1n) is 11.2. The Balaban J connectivity index is 1.64. The minimum Gasteiger partial charge on any atom is -0.495 e. The van der Waals surface area contributed by atoms with E-state index < -0.39 is 10.0 Å². The number of carbonyl (C=O) groups is 1. The van der Waals surface area contributed by atoms with Gasteiger partial charge in [-0.05, 0) is 62.6 Å². The zero-order valence-corrected chi connectivity index (χ0v) is 20.0. The molecule has 2 aliphatic heterocycles. The van der Waals surface area contributed by atoms with Crippen molar-refractivity contribution in [3.8, 4) is 17.2 Å². The highest BCUT2D eigenvalue weighted by Crippen LogP contribution is 2.39. The number of methoxy groups -OCH3 is 1. The molecule has 2 aliphatic rings. The third kappa shape index (κ3) is 4.94. The molecule has 1 atom stereocenters. The lowest BCUT2D eigenvalue weighted by Crippen LogP contribution is -2.32. The highest BCUT2D eigenvalue weighted by molar-refractivity contribution is 7.89. The summed E-state index contributed by atoms with van der Waals surface area (Å²) in [7, 11) is -2.43. The third-order valence-electron chi connectivity index (χ3n) is 5.76. The SMILES string of the molecule is COc1ccc(C(=O)N2CCC[C@H]2c2ccc3c(c2)OCCCO3)cc1S(=O)(=O)NC(C)C. The van der Waals surface area contributed by atoms with Gasteiger partial charge in [0.15, 0.2) is 11.5 Å². The molecule has 0 unspecified atom stereocenters. The second-order valence-corrected chi connectivity index (χ2v) is 10.2. The van der Waals surface area contributed by atoms with E-state index in [-0.39, 0.29) is 28.6 Å². The molecule has 1 N–H and O–H groups in total. The molecule has 0 radical (unpaired) electrons. The van der Waals surface area contributed by atoms with Crippen LogP contribution in [0.25, 0.3) is 0 Å². The first kappa shape index (κ1) is 23.4. The van der Waals surface area contributed by atoms with Crippen LogP contribution in [0.3, 0.4) is 0 Å². The molecule has 4 rings (SSSR count). The van der Waals surface area contributed by atoms with Gasteiger partial charge in [-0.1, -0.05) is 6.07 Å². The van der Waals surface area contributed by atoms with Crippen LogP contribution in [0.15, 0.2) is 41.3 Å². The maximum absolute atomic E-state index is 13.5. The Hall–Kier alpha value is -2.78. The number of sulfonamides is 1. The van der Waals surface area contributed by atoms with Crippen molar-refractivity contribution in [1.82, 2.24) is 9.62 Å². The first-order chi connectivity index (χ1) is 15.8. The largest absolute Gasteiger partial charge is 0.495 e. The van der Waals surface area contributed by atoms with Gasteiger partial charge in [-0.15, -0.1) is 0 Å². The normalized spacial score (nSPS) is 18.3. The lowest BCUT2D eigenvalue weighted by molar-refractivity contribution is 0.0735. The quantitative estimate of drug-likeness (QED) is 0.689. The summed E-state index contributed by atoms with van der Waals surface area (Å²) in [4.78, 5) is 15.2. The Morgan fingerprint density at radius 1 is 1.09 bits per heavy atom. The summed E-state index contributed by atoms with van der Waals surface area (Å²) in [5.41, 5.74) is 1.29. The van der Waals surface area contributed by atoms with Crippen molar-refractivity contribution in [2.75, 3.05) is 26.9 Å². The molecule has 9 heteroatoms. The molecule has 0 aromatic heterocycles. The minimum atomic E-state index is -3.84. The Kier molecular flexibility index (Phi) is 6.81. The number of nitrogens with zero attached hydrogens (tertiary/aromatic N) is 1. The van der Waals surface area contributed by atoms with Gasteiger partial charge in [0.05, 0.1) is 26.4 Å². The topological polar surface area (TPSA) is 94.2 Å². The molecule has 1 amide bonds. The van der Waals surface area contributed by atoms with Crippen molar-refractivity contribution in [1.29, 1.82) is 0 Å². The predicted molar refractivity (Wildman–Crippen MR) is 124 cm³/mol. The van der Waals surface area contributed by atoms with E-state index in [4.69, 9.17) is 14.2 Å². The Labute approximate surface area is 194 Å². The first-order valence-corrected chi connectivity index (χ1v) is 12.7. The molecule has 2 aromatic carbocycles. The summed E-state index contributed by atoms with van der Waals surface area (Å²) in [6.45, 7) is 5.29. The number of fused-ring (bicyclic) bond motifs is 1. The van der Waals surface area contributed by atoms with Crippen LogP contribution in [0, 0.1) is 0 Å². The van der Waals surface area contributed by atoms with Crippen LogP contribution >= 0.6 is 0 Å². The van der Waals surface area contributed by atoms with E-state index in [1.165, 1.54) is 19.2 Å². The number of benzene rings is 2. The van der Waals surface area contributed by atoms with E-state index in [2.05, 4.69) is 4.72 Å². The van der Waals surface area contributed by atoms with Gasteiger partial charge in [0, 0.05) is 24.6 Å². The van der Waals surface area contributed by atoms with Gasteiger partial charge in [-0.25, -0.2) is 13.1 Å². The summed E-state index contributed by atoms with van der Waals surface area (Å²) < 4.78 is 45.0. The van der Waals surface area contributed by atoms with Crippen LogP contribution in [0.1, 0.15) is 55.1 Å². The fourth-order valence-corrected chi connectivity index (χ4v) is 5.75. The van der Waals surface area contributed by atoms with Crippen LogP contribution in [-0.2, 0) is 10.0 Å². The van der Waals surface area contributed by atoms with Crippen molar-refractivity contribution in [3.05, 3.63) is 47.5 Å². The molecular formula is C24H30N2O6S. The second-order valence-electron chi connectivity index (χ2n) is 8.55. The molecule has 8 nitrogen and oxygen atoms in total. The fourth-order valence-electron chi connectivity index (χ4n) is 4.30. The molecule has 2 heterocycles. The maximum Gasteiger partial charge on any atom is 0.254 e. The number of hydrogen-bond donors (Lipinski definition) is 1. The van der Waals surface area contributed by atoms with Gasteiger partial charge in [0.1, 0.15) is 10.6 Å². The lowest BCUT2D eigenvalue weighted by atomic mass is 10.0. The standard InChI is InChI=1S/C24H30N2O6S/c1-16(2)25-33(28,29)23-15-18(8-10-21(23)30-3)24(27)26-11-4-6-19(26)17-7-9-20-22(14-17)32-13-5-12-31-20/h7-10,14-16,19,25H,4-6,11-13H2,1-3H3/t19-/m0/s1. The minimum absolute atomic E-state index is 0.0455. The smallest absolute Gasteiger partial charge is 0.254 e. The summed E-state index contributed by atoms with van der Waals surface area (Å²) in [5, 5.41) is 0. The average molecular weight is 475 g/mol. The lowest BCUT2D eigenvalue weighted by Gasteiger charge is -2.26. The number of rotatable bonds is 6. The van der Waals surface area contributed by atoms with E-state index in [9.17, 15) is 13.2 Å². The molecule has 0 bridgehead atoms. The monoisotopic (exact) mass is 474 g/mol. The van der Waals surface area contributed by atoms with Crippen molar-refractivity contribution in [2.24, 2.45) is 0 Å². The highest BCUT2D eigenvalue weighted by Gasteiger charge is 2.32. The summed E-state index contributed by atoms with van der Waals surface area (Å²) in [6.07, 6.45) is 2.51. The van der Waals surface area contributed by atoms with Gasteiger partial charge in [0.2, 0.25) is 10.0 Å². The molecular weight excluding hydrogens is 444 g/mol.